The number of anilines is 1. The Labute approximate surface area is 116 Å². The van der Waals surface area contributed by atoms with E-state index in [9.17, 15) is 9.59 Å². The maximum absolute atomic E-state index is 12.0. The number of aromatic amines is 1. The van der Waals surface area contributed by atoms with Crippen molar-refractivity contribution in [3.63, 3.8) is 0 Å². The molecule has 108 valence electrons. The fraction of sp³-hybridized carbons (Fsp3) is 0.545. The molecule has 0 radical (unpaired) electrons. The van der Waals surface area contributed by atoms with Crippen LogP contribution in [0.25, 0.3) is 11.2 Å². The first kappa shape index (κ1) is 13.1. The van der Waals surface area contributed by atoms with Crippen molar-refractivity contribution in [3.8, 4) is 0 Å². The normalized spacial score (nSPS) is 16.2. The van der Waals surface area contributed by atoms with Crippen molar-refractivity contribution < 1.29 is 0 Å². The van der Waals surface area contributed by atoms with Gasteiger partial charge in [0, 0.05) is 20.1 Å². The fourth-order valence-corrected chi connectivity index (χ4v) is 3.62. The molecule has 0 saturated carbocycles. The molecular formula is C11H18N6O2Si. The molecule has 0 spiro atoms. The molecule has 3 heterocycles. The maximum Gasteiger partial charge on any atom is 0.329 e. The monoisotopic (exact) mass is 294 g/mol. The van der Waals surface area contributed by atoms with Crippen LogP contribution in [-0.2, 0) is 13.6 Å². The highest BCUT2D eigenvalue weighted by atomic mass is 28.3. The molecule has 0 bridgehead atoms. The summed E-state index contributed by atoms with van der Waals surface area (Å²) >= 11 is 0. The van der Waals surface area contributed by atoms with Gasteiger partial charge in [-0.1, -0.05) is 19.6 Å². The molecule has 1 aliphatic heterocycles. The highest BCUT2D eigenvalue weighted by Crippen LogP contribution is 2.22. The van der Waals surface area contributed by atoms with Gasteiger partial charge in [0.25, 0.3) is 5.56 Å². The molecule has 0 aliphatic carbocycles. The molecule has 0 unspecified atom stereocenters. The Hall–Kier alpha value is -1.87. The van der Waals surface area contributed by atoms with Gasteiger partial charge in [0.1, 0.15) is 8.24 Å². The number of nitrogens with one attached hydrogen (secondary N) is 2. The maximum atomic E-state index is 12.0. The Morgan fingerprint density at radius 3 is 2.55 bits per heavy atom. The molecule has 2 aromatic rings. The topological polar surface area (TPSA) is 88.0 Å². The molecule has 2 aromatic heterocycles. The van der Waals surface area contributed by atoms with Crippen molar-refractivity contribution in [2.75, 3.05) is 12.0 Å². The zero-order chi connectivity index (χ0) is 14.7. The largest absolute Gasteiger partial charge is 0.329 e. The smallest absolute Gasteiger partial charge is 0.302 e. The Morgan fingerprint density at radius 2 is 1.90 bits per heavy atom. The molecule has 9 heteroatoms. The molecule has 8 nitrogen and oxygen atoms in total. The lowest BCUT2D eigenvalue weighted by atomic mass is 10.5. The zero-order valence-electron chi connectivity index (χ0n) is 12.0. The van der Waals surface area contributed by atoms with Crippen LogP contribution in [0.1, 0.15) is 0 Å². The second-order valence-corrected chi connectivity index (χ2v) is 10.9. The number of fused-ring (bicyclic) bond motifs is 3. The van der Waals surface area contributed by atoms with Crippen molar-refractivity contribution in [2.24, 2.45) is 7.05 Å². The van der Waals surface area contributed by atoms with Crippen LogP contribution in [-0.4, -0.2) is 38.6 Å². The molecule has 0 aromatic carbocycles. The third kappa shape index (κ3) is 1.81. The van der Waals surface area contributed by atoms with E-state index in [1.807, 2.05) is 4.57 Å². The standard InChI is InChI=1S/C11H18N6O2Si/c1-15-8-7(9(18)13-11(15)19)16-5-6-17(20(2,3)4)14-10(16)12-8/h5-6H2,1-4H3,(H,12,14)(H,13,18,19). The van der Waals surface area contributed by atoms with Crippen molar-refractivity contribution in [1.29, 1.82) is 0 Å². The number of H-pyrrole nitrogens is 1. The first-order valence-corrected chi connectivity index (χ1v) is 9.97. The first-order valence-electron chi connectivity index (χ1n) is 6.53. The fourth-order valence-electron chi connectivity index (χ4n) is 2.42. The van der Waals surface area contributed by atoms with Gasteiger partial charge < -0.3 is 4.57 Å². The van der Waals surface area contributed by atoms with Gasteiger partial charge in [-0.3, -0.25) is 19.8 Å². The summed E-state index contributed by atoms with van der Waals surface area (Å²) in [6.45, 7) is 8.21. The van der Waals surface area contributed by atoms with Gasteiger partial charge >= 0.3 is 5.69 Å². The Morgan fingerprint density at radius 1 is 1.20 bits per heavy atom. The summed E-state index contributed by atoms with van der Waals surface area (Å²) < 4.78 is 5.41. The number of hydrogen-bond donors (Lipinski definition) is 2. The number of aryl methyl sites for hydroxylation is 1. The highest BCUT2D eigenvalue weighted by molar-refractivity contribution is 6.73. The quantitative estimate of drug-likeness (QED) is 0.717. The van der Waals surface area contributed by atoms with E-state index >= 15 is 0 Å². The van der Waals surface area contributed by atoms with Gasteiger partial charge in [-0.2, -0.15) is 4.98 Å². The van der Waals surface area contributed by atoms with Crippen LogP contribution in [0.15, 0.2) is 9.59 Å². The molecule has 0 atom stereocenters. The SMILES string of the molecule is Cn1c(=O)[nH]c(=O)c2c1nc1n2CCN([Si](C)(C)C)N1. The van der Waals surface area contributed by atoms with Crippen molar-refractivity contribution >= 4 is 25.3 Å². The minimum atomic E-state index is -1.50. The van der Waals surface area contributed by atoms with Crippen LogP contribution < -0.4 is 16.7 Å². The van der Waals surface area contributed by atoms with E-state index in [-0.39, 0.29) is 5.56 Å². The van der Waals surface area contributed by atoms with Gasteiger partial charge in [0.2, 0.25) is 5.95 Å². The van der Waals surface area contributed by atoms with Crippen LogP contribution in [0.5, 0.6) is 0 Å². The molecule has 2 N–H and O–H groups in total. The molecule has 20 heavy (non-hydrogen) atoms. The molecule has 0 fully saturated rings. The van der Waals surface area contributed by atoms with E-state index in [1.165, 1.54) is 4.57 Å². The molecule has 0 amide bonds. The Balaban J connectivity index is 2.21. The predicted octanol–water partition coefficient (Wildman–Crippen LogP) is -0.0993. The van der Waals surface area contributed by atoms with Gasteiger partial charge in [0.05, 0.1) is 0 Å². The van der Waals surface area contributed by atoms with Crippen LogP contribution in [0.4, 0.5) is 5.95 Å². The number of nitrogens with zero attached hydrogens (tertiary/aromatic N) is 4. The first-order chi connectivity index (χ1) is 9.29. The Bertz CT molecular complexity index is 796. The van der Waals surface area contributed by atoms with Crippen molar-refractivity contribution in [1.82, 2.24) is 23.8 Å². The summed E-state index contributed by atoms with van der Waals surface area (Å²) in [5.74, 6) is 0.625. The van der Waals surface area contributed by atoms with Gasteiger partial charge in [-0.05, 0) is 0 Å². The summed E-state index contributed by atoms with van der Waals surface area (Å²) in [6.07, 6.45) is 0. The number of rotatable bonds is 1. The summed E-state index contributed by atoms with van der Waals surface area (Å²) in [4.78, 5) is 30.4. The lowest BCUT2D eigenvalue weighted by molar-refractivity contribution is 0.424. The zero-order valence-corrected chi connectivity index (χ0v) is 13.0. The minimum Gasteiger partial charge on any atom is -0.302 e. The number of aromatic nitrogens is 4. The number of hydrogen-bond acceptors (Lipinski definition) is 5. The third-order valence-corrected chi connectivity index (χ3v) is 5.55. The summed E-state index contributed by atoms with van der Waals surface area (Å²) in [6, 6.07) is 0. The third-order valence-electron chi connectivity index (χ3n) is 3.60. The molecule has 1 aliphatic rings. The van der Waals surface area contributed by atoms with E-state index < -0.39 is 13.9 Å². The van der Waals surface area contributed by atoms with E-state index in [4.69, 9.17) is 0 Å². The van der Waals surface area contributed by atoms with Crippen LogP contribution in [0, 0.1) is 0 Å². The van der Waals surface area contributed by atoms with Gasteiger partial charge in [-0.25, -0.2) is 9.47 Å². The molecular weight excluding hydrogens is 276 g/mol. The second kappa shape index (κ2) is 4.06. The lowest BCUT2D eigenvalue weighted by Crippen LogP contribution is -2.53. The van der Waals surface area contributed by atoms with E-state index in [0.29, 0.717) is 23.7 Å². The number of hydrazine groups is 1. The van der Waals surface area contributed by atoms with Crippen molar-refractivity contribution in [2.45, 2.75) is 26.2 Å². The Kier molecular flexibility index (Phi) is 2.66. The average molecular weight is 294 g/mol. The summed E-state index contributed by atoms with van der Waals surface area (Å²) in [5.41, 5.74) is 3.31. The second-order valence-electron chi connectivity index (χ2n) is 6.01. The number of imidazole rings is 1. The summed E-state index contributed by atoms with van der Waals surface area (Å²) in [5, 5.41) is 0. The summed E-state index contributed by atoms with van der Waals surface area (Å²) in [7, 11) is 0.110. The van der Waals surface area contributed by atoms with Gasteiger partial charge in [-0.15, -0.1) is 0 Å². The molecule has 3 rings (SSSR count). The van der Waals surface area contributed by atoms with E-state index in [1.54, 1.807) is 7.05 Å². The van der Waals surface area contributed by atoms with Crippen LogP contribution in [0.3, 0.4) is 0 Å². The van der Waals surface area contributed by atoms with Crippen LogP contribution >= 0.6 is 0 Å². The van der Waals surface area contributed by atoms with Gasteiger partial charge in [0.15, 0.2) is 11.2 Å². The van der Waals surface area contributed by atoms with E-state index in [0.717, 1.165) is 6.54 Å². The minimum absolute atomic E-state index is 0.384. The van der Waals surface area contributed by atoms with E-state index in [2.05, 4.69) is 39.7 Å². The molecule has 0 saturated heterocycles. The average Bonchev–Trinajstić information content (AvgIpc) is 2.73. The van der Waals surface area contributed by atoms with Crippen LogP contribution in [0.2, 0.25) is 19.6 Å². The lowest BCUT2D eigenvalue weighted by Gasteiger charge is -2.37. The van der Waals surface area contributed by atoms with Crippen molar-refractivity contribution in [3.05, 3.63) is 20.8 Å². The predicted molar refractivity (Wildman–Crippen MR) is 79.3 cm³/mol. The highest BCUT2D eigenvalue weighted by Gasteiger charge is 2.30.